The molecule has 0 spiro atoms. The van der Waals surface area contributed by atoms with Crippen molar-refractivity contribution in [2.24, 2.45) is 0 Å². The number of nitrogens with zero attached hydrogens (tertiary/aromatic N) is 2. The fourth-order valence-corrected chi connectivity index (χ4v) is 3.78. The number of morpholine rings is 2. The van der Waals surface area contributed by atoms with E-state index in [4.69, 9.17) is 9.47 Å². The Morgan fingerprint density at radius 2 is 1.46 bits per heavy atom. The number of hydrogen-bond acceptors (Lipinski definition) is 6. The van der Waals surface area contributed by atoms with Gasteiger partial charge in [-0.15, -0.1) is 0 Å². The van der Waals surface area contributed by atoms with Gasteiger partial charge in [0.15, 0.2) is 0 Å². The molecule has 2 heterocycles. The smallest absolute Gasteiger partial charge is 0.304 e. The van der Waals surface area contributed by atoms with Crippen molar-refractivity contribution in [1.29, 1.82) is 0 Å². The van der Waals surface area contributed by atoms with Gasteiger partial charge in [-0.2, -0.15) is 12.7 Å². The average Bonchev–Trinajstić information content (AvgIpc) is 2.63. The number of hydrogen-bond donors (Lipinski definition) is 1. The maximum absolute atomic E-state index is 12.2. The Labute approximate surface area is 141 Å². The minimum absolute atomic E-state index is 0.249. The molecule has 2 fully saturated rings. The number of nitrogens with one attached hydrogen (secondary N) is 1. The van der Waals surface area contributed by atoms with Crippen molar-refractivity contribution in [2.45, 2.75) is 0 Å². The summed E-state index contributed by atoms with van der Waals surface area (Å²) in [6.45, 7) is 4.14. The summed E-state index contributed by atoms with van der Waals surface area (Å²) < 4.78 is 38.2. The van der Waals surface area contributed by atoms with E-state index in [-0.39, 0.29) is 13.1 Å². The van der Waals surface area contributed by atoms with Crippen molar-refractivity contribution in [3.63, 3.8) is 0 Å². The third-order valence-corrected chi connectivity index (χ3v) is 5.53. The predicted molar refractivity (Wildman–Crippen MR) is 88.3 cm³/mol. The van der Waals surface area contributed by atoms with Crippen LogP contribution in [0.15, 0.2) is 24.3 Å². The molecule has 2 aliphatic heterocycles. The molecule has 8 nitrogen and oxygen atoms in total. The van der Waals surface area contributed by atoms with E-state index in [0.717, 1.165) is 18.8 Å². The van der Waals surface area contributed by atoms with Crippen LogP contribution in [-0.4, -0.2) is 71.2 Å². The predicted octanol–water partition coefficient (Wildman–Crippen LogP) is -0.170. The van der Waals surface area contributed by atoms with Gasteiger partial charge in [-0.05, 0) is 24.3 Å². The van der Waals surface area contributed by atoms with Crippen molar-refractivity contribution in [2.75, 3.05) is 57.5 Å². The maximum Gasteiger partial charge on any atom is 0.304 e. The SMILES string of the molecule is O=C(NS(=O)(=O)N1CCOCC1)c1ccc(N2CCOCC2)cc1. The van der Waals surface area contributed by atoms with Gasteiger partial charge in [-0.25, -0.2) is 4.72 Å². The summed E-state index contributed by atoms with van der Waals surface area (Å²) >= 11 is 0. The van der Waals surface area contributed by atoms with Crippen LogP contribution >= 0.6 is 0 Å². The number of rotatable bonds is 4. The van der Waals surface area contributed by atoms with Gasteiger partial charge in [-0.1, -0.05) is 0 Å². The number of carbonyl (C=O) groups excluding carboxylic acids is 1. The normalized spacial score (nSPS) is 19.9. The molecule has 3 rings (SSSR count). The molecular weight excluding hydrogens is 334 g/mol. The summed E-state index contributed by atoms with van der Waals surface area (Å²) in [6, 6.07) is 6.91. The molecule has 0 atom stereocenters. The lowest BCUT2D eigenvalue weighted by molar-refractivity contribution is 0.0719. The topological polar surface area (TPSA) is 88.2 Å². The number of ether oxygens (including phenoxy) is 2. The van der Waals surface area contributed by atoms with Gasteiger partial charge in [0, 0.05) is 37.4 Å². The first kappa shape index (κ1) is 17.2. The molecule has 1 aromatic carbocycles. The zero-order valence-electron chi connectivity index (χ0n) is 13.3. The Morgan fingerprint density at radius 1 is 0.917 bits per heavy atom. The summed E-state index contributed by atoms with van der Waals surface area (Å²) in [6.07, 6.45) is 0. The Bertz CT molecular complexity index is 665. The van der Waals surface area contributed by atoms with Crippen molar-refractivity contribution in [3.8, 4) is 0 Å². The van der Waals surface area contributed by atoms with Crippen LogP contribution in [0.1, 0.15) is 10.4 Å². The van der Waals surface area contributed by atoms with Gasteiger partial charge in [-0.3, -0.25) is 4.79 Å². The van der Waals surface area contributed by atoms with Crippen LogP contribution in [0.5, 0.6) is 0 Å². The highest BCUT2D eigenvalue weighted by molar-refractivity contribution is 7.87. The highest BCUT2D eigenvalue weighted by atomic mass is 32.2. The second-order valence-corrected chi connectivity index (χ2v) is 7.26. The van der Waals surface area contributed by atoms with Gasteiger partial charge in [0.1, 0.15) is 0 Å². The maximum atomic E-state index is 12.2. The van der Waals surface area contributed by atoms with Gasteiger partial charge in [0.05, 0.1) is 26.4 Å². The molecule has 9 heteroatoms. The first-order valence-corrected chi connectivity index (χ1v) is 9.33. The van der Waals surface area contributed by atoms with Gasteiger partial charge in [0.2, 0.25) is 0 Å². The third-order valence-electron chi connectivity index (χ3n) is 4.04. The van der Waals surface area contributed by atoms with Crippen LogP contribution in [0.25, 0.3) is 0 Å². The zero-order valence-corrected chi connectivity index (χ0v) is 14.1. The number of anilines is 1. The second-order valence-electron chi connectivity index (χ2n) is 5.59. The summed E-state index contributed by atoms with van der Waals surface area (Å²) in [5.74, 6) is -0.630. The minimum Gasteiger partial charge on any atom is -0.379 e. The lowest BCUT2D eigenvalue weighted by Crippen LogP contribution is -2.48. The second kappa shape index (κ2) is 7.47. The van der Waals surface area contributed by atoms with E-state index < -0.39 is 16.1 Å². The Hall–Kier alpha value is -1.68. The molecule has 132 valence electrons. The van der Waals surface area contributed by atoms with E-state index in [1.807, 2.05) is 12.1 Å². The van der Waals surface area contributed by atoms with Gasteiger partial charge >= 0.3 is 10.2 Å². The standard InChI is InChI=1S/C15H21N3O5S/c19-15(16-24(20,21)18-7-11-23-12-8-18)13-1-3-14(4-2-13)17-5-9-22-10-6-17/h1-4H,5-12H2,(H,16,19). The molecule has 2 saturated heterocycles. The molecule has 24 heavy (non-hydrogen) atoms. The van der Waals surface area contributed by atoms with E-state index in [1.165, 1.54) is 4.31 Å². The molecule has 0 aliphatic carbocycles. The van der Waals surface area contributed by atoms with Crippen LogP contribution < -0.4 is 9.62 Å². The highest BCUT2D eigenvalue weighted by Gasteiger charge is 2.26. The Kier molecular flexibility index (Phi) is 5.34. The summed E-state index contributed by atoms with van der Waals surface area (Å²) in [4.78, 5) is 14.4. The van der Waals surface area contributed by atoms with Crippen LogP contribution in [0.2, 0.25) is 0 Å². The number of carbonyl (C=O) groups is 1. The number of benzene rings is 1. The molecular formula is C15H21N3O5S. The molecule has 0 radical (unpaired) electrons. The van der Waals surface area contributed by atoms with Crippen molar-refractivity contribution in [1.82, 2.24) is 9.03 Å². The molecule has 1 amide bonds. The lowest BCUT2D eigenvalue weighted by Gasteiger charge is -2.29. The quantitative estimate of drug-likeness (QED) is 0.807. The molecule has 0 bridgehead atoms. The largest absolute Gasteiger partial charge is 0.379 e. The molecule has 0 aromatic heterocycles. The van der Waals surface area contributed by atoms with Crippen LogP contribution in [0.4, 0.5) is 5.69 Å². The fraction of sp³-hybridized carbons (Fsp3) is 0.533. The monoisotopic (exact) mass is 355 g/mol. The van der Waals surface area contributed by atoms with Crippen LogP contribution in [0, 0.1) is 0 Å². The van der Waals surface area contributed by atoms with E-state index in [1.54, 1.807) is 12.1 Å². The van der Waals surface area contributed by atoms with E-state index in [2.05, 4.69) is 9.62 Å². The Balaban J connectivity index is 1.64. The van der Waals surface area contributed by atoms with Crippen molar-refractivity contribution < 1.29 is 22.7 Å². The number of amides is 1. The summed E-state index contributed by atoms with van der Waals surface area (Å²) in [7, 11) is -3.83. The third kappa shape index (κ3) is 4.04. The Morgan fingerprint density at radius 3 is 2.04 bits per heavy atom. The molecule has 1 aromatic rings. The zero-order chi connectivity index (χ0) is 17.0. The lowest BCUT2D eigenvalue weighted by atomic mass is 10.2. The van der Waals surface area contributed by atoms with Crippen LogP contribution in [0.3, 0.4) is 0 Å². The summed E-state index contributed by atoms with van der Waals surface area (Å²) in [5, 5.41) is 0. The van der Waals surface area contributed by atoms with E-state index in [9.17, 15) is 13.2 Å². The van der Waals surface area contributed by atoms with Crippen molar-refractivity contribution in [3.05, 3.63) is 29.8 Å². The van der Waals surface area contributed by atoms with Crippen LogP contribution in [-0.2, 0) is 19.7 Å². The highest BCUT2D eigenvalue weighted by Crippen LogP contribution is 2.17. The summed E-state index contributed by atoms with van der Waals surface area (Å²) in [5.41, 5.74) is 1.30. The molecule has 0 unspecified atom stereocenters. The molecule has 0 saturated carbocycles. The van der Waals surface area contributed by atoms with Gasteiger partial charge < -0.3 is 14.4 Å². The van der Waals surface area contributed by atoms with Crippen molar-refractivity contribution >= 4 is 21.8 Å². The van der Waals surface area contributed by atoms with E-state index >= 15 is 0 Å². The first-order chi connectivity index (χ1) is 11.6. The fourth-order valence-electron chi connectivity index (χ4n) is 2.67. The molecule has 1 N–H and O–H groups in total. The van der Waals surface area contributed by atoms with E-state index in [0.29, 0.717) is 32.0 Å². The average molecular weight is 355 g/mol. The molecule has 2 aliphatic rings. The minimum atomic E-state index is -3.83. The first-order valence-electron chi connectivity index (χ1n) is 7.89. The van der Waals surface area contributed by atoms with Gasteiger partial charge in [0.25, 0.3) is 5.91 Å².